The molecule has 98 valence electrons. The van der Waals surface area contributed by atoms with Crippen molar-refractivity contribution in [3.05, 3.63) is 35.4 Å². The summed E-state index contributed by atoms with van der Waals surface area (Å²) in [5, 5.41) is 0. The van der Waals surface area contributed by atoms with Gasteiger partial charge in [0, 0.05) is 31.6 Å². The first-order valence-electron chi connectivity index (χ1n) is 5.79. The van der Waals surface area contributed by atoms with Crippen LogP contribution < -0.4 is 11.5 Å². The number of carbonyl (C=O) groups is 2. The number of benzene rings is 1. The van der Waals surface area contributed by atoms with E-state index in [1.54, 1.807) is 43.1 Å². The summed E-state index contributed by atoms with van der Waals surface area (Å²) in [7, 11) is 1.73. The molecule has 1 aromatic carbocycles. The van der Waals surface area contributed by atoms with E-state index in [9.17, 15) is 9.59 Å². The van der Waals surface area contributed by atoms with Crippen molar-refractivity contribution in [2.75, 3.05) is 13.6 Å². The molecule has 0 radical (unpaired) electrons. The zero-order valence-corrected chi connectivity index (χ0v) is 10.7. The zero-order valence-electron chi connectivity index (χ0n) is 10.7. The Bertz CT molecular complexity index is 428. The van der Waals surface area contributed by atoms with Gasteiger partial charge in [-0.15, -0.1) is 0 Å². The summed E-state index contributed by atoms with van der Waals surface area (Å²) in [6, 6.07) is 6.89. The number of nitrogens with zero attached hydrogens (tertiary/aromatic N) is 1. The highest BCUT2D eigenvalue weighted by Crippen LogP contribution is 2.08. The number of hydrogen-bond acceptors (Lipinski definition) is 3. The Morgan fingerprint density at radius 3 is 2.28 bits per heavy atom. The molecule has 0 aromatic heterocycles. The molecule has 5 heteroatoms. The van der Waals surface area contributed by atoms with E-state index in [0.717, 1.165) is 5.56 Å². The molecule has 0 aliphatic carbocycles. The van der Waals surface area contributed by atoms with Gasteiger partial charge >= 0.3 is 0 Å². The smallest absolute Gasteiger partial charge is 0.248 e. The minimum atomic E-state index is -0.456. The van der Waals surface area contributed by atoms with Gasteiger partial charge in [-0.2, -0.15) is 0 Å². The van der Waals surface area contributed by atoms with Crippen LogP contribution in [0.5, 0.6) is 0 Å². The summed E-state index contributed by atoms with van der Waals surface area (Å²) >= 11 is 0. The van der Waals surface area contributed by atoms with Gasteiger partial charge < -0.3 is 16.4 Å². The molecule has 0 saturated heterocycles. The lowest BCUT2D eigenvalue weighted by atomic mass is 10.1. The summed E-state index contributed by atoms with van der Waals surface area (Å²) in [4.78, 5) is 24.4. The number of primary amides is 1. The lowest BCUT2D eigenvalue weighted by molar-refractivity contribution is -0.133. The van der Waals surface area contributed by atoms with Gasteiger partial charge in [-0.25, -0.2) is 0 Å². The van der Waals surface area contributed by atoms with Gasteiger partial charge in [0.25, 0.3) is 0 Å². The van der Waals surface area contributed by atoms with Crippen LogP contribution in [0.15, 0.2) is 24.3 Å². The minimum absolute atomic E-state index is 0.0106. The molecule has 0 fully saturated rings. The molecule has 0 spiro atoms. The molecule has 1 rings (SSSR count). The third-order valence-electron chi connectivity index (χ3n) is 2.81. The highest BCUT2D eigenvalue weighted by Gasteiger charge is 2.15. The third-order valence-corrected chi connectivity index (χ3v) is 2.81. The Labute approximate surface area is 107 Å². The van der Waals surface area contributed by atoms with Crippen molar-refractivity contribution >= 4 is 11.8 Å². The summed E-state index contributed by atoms with van der Waals surface area (Å²) < 4.78 is 0. The first-order valence-corrected chi connectivity index (χ1v) is 5.79. The van der Waals surface area contributed by atoms with Crippen LogP contribution in [0.1, 0.15) is 22.8 Å². The van der Waals surface area contributed by atoms with Gasteiger partial charge in [0.05, 0.1) is 0 Å². The first-order chi connectivity index (χ1) is 8.45. The van der Waals surface area contributed by atoms with Crippen molar-refractivity contribution in [1.29, 1.82) is 0 Å². The average molecular weight is 249 g/mol. The molecule has 2 amide bonds. The zero-order chi connectivity index (χ0) is 13.7. The van der Waals surface area contributed by atoms with Crippen molar-refractivity contribution in [2.24, 2.45) is 17.4 Å². The highest BCUT2D eigenvalue weighted by molar-refractivity contribution is 5.92. The summed E-state index contributed by atoms with van der Waals surface area (Å²) in [5.74, 6) is -0.626. The van der Waals surface area contributed by atoms with Gasteiger partial charge in [-0.3, -0.25) is 9.59 Å². The van der Waals surface area contributed by atoms with Gasteiger partial charge in [-0.05, 0) is 17.7 Å². The van der Waals surface area contributed by atoms with Crippen LogP contribution in [0.2, 0.25) is 0 Å². The van der Waals surface area contributed by atoms with E-state index in [4.69, 9.17) is 11.5 Å². The molecule has 4 N–H and O–H groups in total. The minimum Gasteiger partial charge on any atom is -0.366 e. The lowest BCUT2D eigenvalue weighted by Gasteiger charge is -2.20. The largest absolute Gasteiger partial charge is 0.366 e. The van der Waals surface area contributed by atoms with Crippen LogP contribution in [0.4, 0.5) is 0 Å². The van der Waals surface area contributed by atoms with Crippen LogP contribution in [0.25, 0.3) is 0 Å². The van der Waals surface area contributed by atoms with Crippen molar-refractivity contribution in [3.63, 3.8) is 0 Å². The fourth-order valence-corrected chi connectivity index (χ4v) is 1.60. The topological polar surface area (TPSA) is 89.4 Å². The maximum Gasteiger partial charge on any atom is 0.248 e. The summed E-state index contributed by atoms with van der Waals surface area (Å²) in [6.07, 6.45) is 0. The van der Waals surface area contributed by atoms with Crippen molar-refractivity contribution < 1.29 is 9.59 Å². The Kier molecular flexibility index (Phi) is 4.85. The number of rotatable bonds is 5. The van der Waals surface area contributed by atoms with E-state index < -0.39 is 5.91 Å². The van der Waals surface area contributed by atoms with Crippen LogP contribution in [0, 0.1) is 5.92 Å². The normalized spacial score (nSPS) is 11.9. The molecule has 0 heterocycles. The van der Waals surface area contributed by atoms with E-state index in [-0.39, 0.29) is 11.8 Å². The molecule has 0 bridgehead atoms. The van der Waals surface area contributed by atoms with E-state index >= 15 is 0 Å². The molecular weight excluding hydrogens is 230 g/mol. The third kappa shape index (κ3) is 3.56. The molecule has 0 saturated carbocycles. The maximum atomic E-state index is 11.8. The van der Waals surface area contributed by atoms with E-state index in [2.05, 4.69) is 0 Å². The molecule has 1 unspecified atom stereocenters. The quantitative estimate of drug-likeness (QED) is 0.788. The highest BCUT2D eigenvalue weighted by atomic mass is 16.2. The van der Waals surface area contributed by atoms with E-state index in [1.165, 1.54) is 0 Å². The molecule has 1 atom stereocenters. The lowest BCUT2D eigenvalue weighted by Crippen LogP contribution is -2.34. The Balaban J connectivity index is 2.67. The van der Waals surface area contributed by atoms with E-state index in [0.29, 0.717) is 18.7 Å². The molecule has 5 nitrogen and oxygen atoms in total. The second-order valence-corrected chi connectivity index (χ2v) is 4.39. The van der Waals surface area contributed by atoms with Gasteiger partial charge in [-0.1, -0.05) is 19.1 Å². The van der Waals surface area contributed by atoms with Crippen molar-refractivity contribution in [2.45, 2.75) is 13.5 Å². The fourth-order valence-electron chi connectivity index (χ4n) is 1.60. The monoisotopic (exact) mass is 249 g/mol. The van der Waals surface area contributed by atoms with Crippen LogP contribution >= 0.6 is 0 Å². The average Bonchev–Trinajstić information content (AvgIpc) is 2.37. The van der Waals surface area contributed by atoms with Gasteiger partial charge in [0.15, 0.2) is 0 Å². The molecule has 0 aliphatic heterocycles. The van der Waals surface area contributed by atoms with Crippen LogP contribution in [-0.4, -0.2) is 30.3 Å². The maximum absolute atomic E-state index is 11.8. The van der Waals surface area contributed by atoms with Crippen molar-refractivity contribution in [1.82, 2.24) is 4.90 Å². The fraction of sp³-hybridized carbons (Fsp3) is 0.385. The summed E-state index contributed by atoms with van der Waals surface area (Å²) in [5.41, 5.74) is 12.0. The van der Waals surface area contributed by atoms with Gasteiger partial charge in [0.2, 0.25) is 11.8 Å². The van der Waals surface area contributed by atoms with Gasteiger partial charge in [0.1, 0.15) is 0 Å². The number of carbonyl (C=O) groups excluding carboxylic acids is 2. The summed E-state index contributed by atoms with van der Waals surface area (Å²) in [6.45, 7) is 2.63. The van der Waals surface area contributed by atoms with Crippen molar-refractivity contribution in [3.8, 4) is 0 Å². The Morgan fingerprint density at radius 2 is 1.83 bits per heavy atom. The van der Waals surface area contributed by atoms with Crippen LogP contribution in [0.3, 0.4) is 0 Å². The SMILES string of the molecule is CC(CN)C(=O)N(C)Cc1ccc(C(N)=O)cc1. The second kappa shape index (κ2) is 6.16. The Morgan fingerprint density at radius 1 is 1.28 bits per heavy atom. The molecule has 0 aliphatic rings. The molecule has 18 heavy (non-hydrogen) atoms. The molecular formula is C13H19N3O2. The first kappa shape index (κ1) is 14.2. The number of hydrogen-bond donors (Lipinski definition) is 2. The standard InChI is InChI=1S/C13H19N3O2/c1-9(7-14)13(18)16(2)8-10-3-5-11(6-4-10)12(15)17/h3-6,9H,7-8,14H2,1-2H3,(H2,15,17). The predicted molar refractivity (Wildman–Crippen MR) is 69.7 cm³/mol. The number of amides is 2. The Hall–Kier alpha value is -1.88. The predicted octanol–water partition coefficient (Wildman–Crippen LogP) is 0.339. The van der Waals surface area contributed by atoms with E-state index in [1.807, 2.05) is 0 Å². The van der Waals surface area contributed by atoms with Crippen LogP contribution in [-0.2, 0) is 11.3 Å². The number of nitrogens with two attached hydrogens (primary N) is 2. The molecule has 1 aromatic rings. The second-order valence-electron chi connectivity index (χ2n) is 4.39.